The highest BCUT2D eigenvalue weighted by Gasteiger charge is 2.29. The van der Waals surface area contributed by atoms with Crippen LogP contribution < -0.4 is 4.74 Å². The Labute approximate surface area is 140 Å². The third kappa shape index (κ3) is 4.60. The fourth-order valence-corrected chi connectivity index (χ4v) is 3.62. The SMILES string of the molecule is FC(F)(F)COc1cccc(CN2CCSC[C@H]2c2nn[nH]n2)c1. The third-order valence-electron chi connectivity index (χ3n) is 3.59. The van der Waals surface area contributed by atoms with Crippen LogP contribution in [0.2, 0.25) is 0 Å². The second-order valence-corrected chi connectivity index (χ2v) is 6.53. The molecule has 0 bridgehead atoms. The molecule has 0 radical (unpaired) electrons. The Balaban J connectivity index is 1.68. The molecule has 24 heavy (non-hydrogen) atoms. The Morgan fingerprint density at radius 3 is 3.00 bits per heavy atom. The minimum Gasteiger partial charge on any atom is -0.484 e. The zero-order valence-corrected chi connectivity index (χ0v) is 13.5. The molecular formula is C14H16F3N5OS. The van der Waals surface area contributed by atoms with Crippen molar-refractivity contribution < 1.29 is 17.9 Å². The van der Waals surface area contributed by atoms with Crippen molar-refractivity contribution in [2.75, 3.05) is 24.7 Å². The molecule has 1 aliphatic heterocycles. The number of hydrogen-bond acceptors (Lipinski definition) is 6. The van der Waals surface area contributed by atoms with Gasteiger partial charge in [0.15, 0.2) is 12.4 Å². The Morgan fingerprint density at radius 2 is 2.25 bits per heavy atom. The molecule has 1 fully saturated rings. The van der Waals surface area contributed by atoms with Crippen molar-refractivity contribution >= 4 is 11.8 Å². The van der Waals surface area contributed by atoms with Crippen molar-refractivity contribution in [1.29, 1.82) is 0 Å². The zero-order chi connectivity index (χ0) is 17.0. The number of nitrogens with zero attached hydrogens (tertiary/aromatic N) is 4. The van der Waals surface area contributed by atoms with E-state index >= 15 is 0 Å². The van der Waals surface area contributed by atoms with Crippen LogP contribution in [0.1, 0.15) is 17.4 Å². The van der Waals surface area contributed by atoms with Gasteiger partial charge in [0.2, 0.25) is 0 Å². The minimum absolute atomic E-state index is 0.0299. The van der Waals surface area contributed by atoms with Crippen molar-refractivity contribution in [2.24, 2.45) is 0 Å². The van der Waals surface area contributed by atoms with Gasteiger partial charge in [-0.2, -0.15) is 30.1 Å². The van der Waals surface area contributed by atoms with Gasteiger partial charge >= 0.3 is 6.18 Å². The number of nitrogens with one attached hydrogen (secondary N) is 1. The van der Waals surface area contributed by atoms with E-state index in [1.807, 2.05) is 17.8 Å². The first-order valence-corrected chi connectivity index (χ1v) is 8.50. The molecule has 1 N–H and O–H groups in total. The molecule has 1 atom stereocenters. The van der Waals surface area contributed by atoms with Gasteiger partial charge in [-0.05, 0) is 17.7 Å². The maximum atomic E-state index is 12.3. The van der Waals surface area contributed by atoms with Crippen molar-refractivity contribution in [3.63, 3.8) is 0 Å². The summed E-state index contributed by atoms with van der Waals surface area (Å²) in [6.45, 7) is 0.142. The van der Waals surface area contributed by atoms with Crippen LogP contribution in [-0.2, 0) is 6.54 Å². The van der Waals surface area contributed by atoms with Gasteiger partial charge in [-0.25, -0.2) is 0 Å². The van der Waals surface area contributed by atoms with E-state index in [9.17, 15) is 13.2 Å². The summed E-state index contributed by atoms with van der Waals surface area (Å²) in [6.07, 6.45) is -4.34. The lowest BCUT2D eigenvalue weighted by Gasteiger charge is -2.33. The molecular weight excluding hydrogens is 343 g/mol. The van der Waals surface area contributed by atoms with Gasteiger partial charge in [0.25, 0.3) is 0 Å². The van der Waals surface area contributed by atoms with Gasteiger partial charge in [0.1, 0.15) is 5.75 Å². The van der Waals surface area contributed by atoms with E-state index < -0.39 is 12.8 Å². The maximum absolute atomic E-state index is 12.3. The number of benzene rings is 1. The number of aromatic nitrogens is 4. The van der Waals surface area contributed by atoms with Crippen LogP contribution in [-0.4, -0.2) is 56.4 Å². The predicted molar refractivity (Wildman–Crippen MR) is 82.6 cm³/mol. The lowest BCUT2D eigenvalue weighted by molar-refractivity contribution is -0.153. The fraction of sp³-hybridized carbons (Fsp3) is 0.500. The van der Waals surface area contributed by atoms with E-state index in [4.69, 9.17) is 4.74 Å². The molecule has 2 aromatic rings. The molecule has 1 saturated heterocycles. The number of aromatic amines is 1. The van der Waals surface area contributed by atoms with Crippen LogP contribution in [0.15, 0.2) is 24.3 Å². The van der Waals surface area contributed by atoms with E-state index in [0.29, 0.717) is 12.4 Å². The Bertz CT molecular complexity index is 652. The van der Waals surface area contributed by atoms with E-state index in [1.165, 1.54) is 6.07 Å². The molecule has 6 nitrogen and oxygen atoms in total. The van der Waals surface area contributed by atoms with Crippen molar-refractivity contribution in [3.8, 4) is 5.75 Å². The summed E-state index contributed by atoms with van der Waals surface area (Å²) in [7, 11) is 0. The molecule has 1 aliphatic rings. The summed E-state index contributed by atoms with van der Waals surface area (Å²) in [5, 5.41) is 14.2. The van der Waals surface area contributed by atoms with E-state index in [1.54, 1.807) is 12.1 Å². The number of thioether (sulfide) groups is 1. The van der Waals surface area contributed by atoms with Gasteiger partial charge < -0.3 is 4.74 Å². The van der Waals surface area contributed by atoms with Crippen LogP contribution in [0.3, 0.4) is 0 Å². The second-order valence-electron chi connectivity index (χ2n) is 5.38. The highest BCUT2D eigenvalue weighted by Crippen LogP contribution is 2.29. The molecule has 130 valence electrons. The number of H-pyrrole nitrogens is 1. The van der Waals surface area contributed by atoms with Crippen LogP contribution >= 0.6 is 11.8 Å². The average Bonchev–Trinajstić information content (AvgIpc) is 3.08. The Kier molecular flexibility index (Phi) is 5.24. The Morgan fingerprint density at radius 1 is 1.38 bits per heavy atom. The lowest BCUT2D eigenvalue weighted by atomic mass is 10.1. The monoisotopic (exact) mass is 359 g/mol. The molecule has 0 spiro atoms. The van der Waals surface area contributed by atoms with Crippen LogP contribution in [0.25, 0.3) is 0 Å². The molecule has 1 aromatic heterocycles. The molecule has 0 aliphatic carbocycles. The normalized spacial score (nSPS) is 19.4. The molecule has 0 amide bonds. The van der Waals surface area contributed by atoms with Gasteiger partial charge in [-0.1, -0.05) is 17.3 Å². The van der Waals surface area contributed by atoms with Crippen LogP contribution in [0.5, 0.6) is 5.75 Å². The molecule has 3 rings (SSSR count). The number of tetrazole rings is 1. The number of alkyl halides is 3. The van der Waals surface area contributed by atoms with Crippen molar-refractivity contribution in [2.45, 2.75) is 18.8 Å². The molecule has 0 unspecified atom stereocenters. The van der Waals surface area contributed by atoms with E-state index in [2.05, 4.69) is 25.5 Å². The van der Waals surface area contributed by atoms with Gasteiger partial charge in [-0.15, -0.1) is 10.2 Å². The third-order valence-corrected chi connectivity index (χ3v) is 4.61. The largest absolute Gasteiger partial charge is 0.484 e. The molecule has 2 heterocycles. The molecule has 0 saturated carbocycles. The van der Waals surface area contributed by atoms with E-state index in [0.717, 1.165) is 23.6 Å². The summed E-state index contributed by atoms with van der Waals surface area (Å²) in [4.78, 5) is 2.20. The smallest absolute Gasteiger partial charge is 0.422 e. The average molecular weight is 359 g/mol. The molecule has 1 aromatic carbocycles. The summed E-state index contributed by atoms with van der Waals surface area (Å²) in [6, 6.07) is 6.76. The number of halogens is 3. The van der Waals surface area contributed by atoms with Gasteiger partial charge in [0.05, 0.1) is 6.04 Å². The predicted octanol–water partition coefficient (Wildman–Crippen LogP) is 2.43. The fourth-order valence-electron chi connectivity index (χ4n) is 2.51. The highest BCUT2D eigenvalue weighted by molar-refractivity contribution is 7.99. The summed E-state index contributed by atoms with van der Waals surface area (Å²) < 4.78 is 41.6. The van der Waals surface area contributed by atoms with E-state index in [-0.39, 0.29) is 11.8 Å². The van der Waals surface area contributed by atoms with Gasteiger partial charge in [-0.3, -0.25) is 4.90 Å². The summed E-state index contributed by atoms with van der Waals surface area (Å²) in [5.74, 6) is 2.68. The van der Waals surface area contributed by atoms with Crippen LogP contribution in [0.4, 0.5) is 13.2 Å². The maximum Gasteiger partial charge on any atom is 0.422 e. The number of rotatable bonds is 5. The van der Waals surface area contributed by atoms with Gasteiger partial charge in [0, 0.05) is 24.6 Å². The van der Waals surface area contributed by atoms with Crippen LogP contribution in [0, 0.1) is 0 Å². The van der Waals surface area contributed by atoms with Crippen molar-refractivity contribution in [1.82, 2.24) is 25.5 Å². The lowest BCUT2D eigenvalue weighted by Crippen LogP contribution is -2.36. The highest BCUT2D eigenvalue weighted by atomic mass is 32.2. The number of hydrogen-bond donors (Lipinski definition) is 1. The zero-order valence-electron chi connectivity index (χ0n) is 12.7. The Hall–Kier alpha value is -1.81. The first-order chi connectivity index (χ1) is 11.5. The summed E-state index contributed by atoms with van der Waals surface area (Å²) >= 11 is 1.82. The molecule has 10 heteroatoms. The second kappa shape index (κ2) is 7.39. The van der Waals surface area contributed by atoms with Crippen molar-refractivity contribution in [3.05, 3.63) is 35.7 Å². The summed E-state index contributed by atoms with van der Waals surface area (Å²) in [5.41, 5.74) is 0.884. The quantitative estimate of drug-likeness (QED) is 0.884. The first kappa shape index (κ1) is 17.0. The first-order valence-electron chi connectivity index (χ1n) is 7.35. The topological polar surface area (TPSA) is 66.9 Å². The minimum atomic E-state index is -4.34. The number of ether oxygens (including phenoxy) is 1. The standard InChI is InChI=1S/C14H16F3N5OS/c15-14(16,17)9-23-11-3-1-2-10(6-11)7-22-4-5-24-8-12(22)13-18-20-21-19-13/h1-3,6,12H,4-5,7-9H2,(H,18,19,20,21)/t12-/m0/s1.